The van der Waals surface area contributed by atoms with E-state index in [0.29, 0.717) is 0 Å². The van der Waals surface area contributed by atoms with Crippen LogP contribution in [0.4, 0.5) is 0 Å². The number of fused-ring (bicyclic) bond motifs is 17. The van der Waals surface area contributed by atoms with Gasteiger partial charge in [-0.2, -0.15) is 0 Å². The fourth-order valence-electron chi connectivity index (χ4n) is 11.4. The Kier molecular flexibility index (Phi) is 7.20. The second-order valence-electron chi connectivity index (χ2n) is 17.1. The van der Waals surface area contributed by atoms with E-state index in [-0.39, 0.29) is 5.92 Å². The number of para-hydroxylation sites is 3. The summed E-state index contributed by atoms with van der Waals surface area (Å²) in [6, 6.07) is 83.9. The number of benzene rings is 10. The Bertz CT molecular complexity index is 3780. The summed E-state index contributed by atoms with van der Waals surface area (Å²) >= 11 is 0. The van der Waals surface area contributed by atoms with E-state index in [0.717, 1.165) is 11.4 Å². The van der Waals surface area contributed by atoms with Crippen LogP contribution in [0, 0.1) is 0 Å². The fraction of sp³-hybridized carbons (Fsp3) is 0.0164. The number of hydrogen-bond donors (Lipinski definition) is 0. The van der Waals surface area contributed by atoms with Gasteiger partial charge in [-0.05, 0) is 121 Å². The summed E-state index contributed by atoms with van der Waals surface area (Å²) in [4.78, 5) is 0. The Hall–Kier alpha value is -8.20. The molecular weight excluding hydrogens is 761 g/mol. The van der Waals surface area contributed by atoms with Gasteiger partial charge in [0.2, 0.25) is 0 Å². The van der Waals surface area contributed by atoms with Crippen molar-refractivity contribution < 1.29 is 0 Å². The molecule has 0 fully saturated rings. The minimum Gasteiger partial charge on any atom is -0.309 e. The third kappa shape index (κ3) is 4.83. The molecule has 0 radical (unpaired) electrons. The van der Waals surface area contributed by atoms with Gasteiger partial charge in [-0.25, -0.2) is 0 Å². The van der Waals surface area contributed by atoms with E-state index < -0.39 is 0 Å². The van der Waals surface area contributed by atoms with Crippen LogP contribution >= 0.6 is 0 Å². The predicted molar refractivity (Wildman–Crippen MR) is 263 cm³/mol. The standard InChI is InChI=1S/C61H38N2/c1-2-18-41-40(17-1)42-19-3-4-23-46(42)54-36-39(37-55(61(54)52-29-10-5-20-43(41)52)60-50-27-8-6-21-44(50)45-22-7-9-28-51(45)60)63-58-32-16-13-26-49(58)53-35-38(33-34-59(53)63)62-56-30-14-11-24-47(56)48-25-12-15-31-57(48)62/h1-37,60H. The quantitative estimate of drug-likeness (QED) is 0.168. The molecule has 12 aromatic rings. The van der Waals surface area contributed by atoms with Gasteiger partial charge < -0.3 is 9.13 Å². The van der Waals surface area contributed by atoms with Gasteiger partial charge >= 0.3 is 0 Å². The fourth-order valence-corrected chi connectivity index (χ4v) is 11.4. The second kappa shape index (κ2) is 13.1. The molecule has 0 bridgehead atoms. The maximum Gasteiger partial charge on any atom is 0.0542 e. The van der Waals surface area contributed by atoms with Crippen molar-refractivity contribution in [2.45, 2.75) is 5.92 Å². The van der Waals surface area contributed by atoms with E-state index in [9.17, 15) is 0 Å². The van der Waals surface area contributed by atoms with E-state index in [2.05, 4.69) is 234 Å². The zero-order valence-corrected chi connectivity index (χ0v) is 34.3. The molecule has 2 aromatic heterocycles. The molecule has 14 rings (SSSR count). The Morgan fingerprint density at radius 1 is 0.238 bits per heavy atom. The first-order valence-electron chi connectivity index (χ1n) is 22.0. The molecule has 10 aromatic carbocycles. The summed E-state index contributed by atoms with van der Waals surface area (Å²) < 4.78 is 4.96. The molecule has 2 nitrogen and oxygen atoms in total. The topological polar surface area (TPSA) is 9.86 Å². The van der Waals surface area contributed by atoms with Crippen molar-refractivity contribution in [2.24, 2.45) is 0 Å². The van der Waals surface area contributed by atoms with Crippen molar-refractivity contribution in [1.82, 2.24) is 9.13 Å². The Labute approximate surface area is 365 Å². The van der Waals surface area contributed by atoms with E-state index >= 15 is 0 Å². The first-order valence-corrected chi connectivity index (χ1v) is 22.0. The summed E-state index contributed by atoms with van der Waals surface area (Å²) in [5.74, 6) is 0.0241. The molecule has 0 amide bonds. The van der Waals surface area contributed by atoms with Crippen LogP contribution in [0.5, 0.6) is 0 Å². The van der Waals surface area contributed by atoms with Crippen LogP contribution in [0.15, 0.2) is 224 Å². The molecular formula is C61H38N2. The van der Waals surface area contributed by atoms with Gasteiger partial charge in [0.1, 0.15) is 0 Å². The molecule has 0 unspecified atom stereocenters. The molecule has 0 saturated carbocycles. The largest absolute Gasteiger partial charge is 0.309 e. The maximum absolute atomic E-state index is 2.53. The Morgan fingerprint density at radius 2 is 0.619 bits per heavy atom. The average Bonchev–Trinajstić information content (AvgIpc) is 3.99. The van der Waals surface area contributed by atoms with Gasteiger partial charge in [0.25, 0.3) is 0 Å². The molecule has 2 heterocycles. The highest BCUT2D eigenvalue weighted by atomic mass is 15.0. The van der Waals surface area contributed by atoms with Gasteiger partial charge in [-0.3, -0.25) is 0 Å². The normalized spacial score (nSPS) is 12.7. The second-order valence-corrected chi connectivity index (χ2v) is 17.1. The summed E-state index contributed by atoms with van der Waals surface area (Å²) in [5, 5.41) is 5.00. The first-order chi connectivity index (χ1) is 31.3. The molecule has 63 heavy (non-hydrogen) atoms. The van der Waals surface area contributed by atoms with Crippen molar-refractivity contribution in [2.75, 3.05) is 0 Å². The highest BCUT2D eigenvalue weighted by Crippen LogP contribution is 2.56. The molecule has 2 heteroatoms. The molecule has 292 valence electrons. The number of aromatic nitrogens is 2. The molecule has 0 aliphatic heterocycles. The third-order valence-electron chi connectivity index (χ3n) is 14.0. The van der Waals surface area contributed by atoms with Crippen molar-refractivity contribution in [3.8, 4) is 67.0 Å². The molecule has 0 spiro atoms. The Balaban J connectivity index is 1.11. The minimum atomic E-state index is 0.0241. The highest BCUT2D eigenvalue weighted by molar-refractivity contribution is 6.13. The lowest BCUT2D eigenvalue weighted by molar-refractivity contribution is 1.01. The molecule has 2 aliphatic rings. The van der Waals surface area contributed by atoms with E-state index in [1.807, 2.05) is 0 Å². The Morgan fingerprint density at radius 3 is 1.16 bits per heavy atom. The van der Waals surface area contributed by atoms with Crippen LogP contribution in [0.25, 0.3) is 111 Å². The molecule has 0 N–H and O–H groups in total. The summed E-state index contributed by atoms with van der Waals surface area (Å²) in [7, 11) is 0. The van der Waals surface area contributed by atoms with Crippen LogP contribution in [-0.4, -0.2) is 9.13 Å². The summed E-state index contributed by atoms with van der Waals surface area (Å²) in [6.07, 6.45) is 0. The van der Waals surface area contributed by atoms with E-state index in [4.69, 9.17) is 0 Å². The van der Waals surface area contributed by atoms with Crippen LogP contribution in [0.3, 0.4) is 0 Å². The zero-order valence-electron chi connectivity index (χ0n) is 34.3. The number of hydrogen-bond acceptors (Lipinski definition) is 0. The van der Waals surface area contributed by atoms with Crippen LogP contribution in [-0.2, 0) is 0 Å². The SMILES string of the molecule is c1ccc2c(c1)-c1ccccc1-c1cc(-n3c4ccccc4c4cc(-n5c6ccccc6c6ccccc65)ccc43)cc(C3c4ccccc4-c4ccccc43)c1-c1ccccc1-2. The van der Waals surface area contributed by atoms with Gasteiger partial charge in [0.15, 0.2) is 0 Å². The maximum atomic E-state index is 2.53. The lowest BCUT2D eigenvalue weighted by atomic mass is 9.75. The third-order valence-corrected chi connectivity index (χ3v) is 14.0. The van der Waals surface area contributed by atoms with Crippen LogP contribution < -0.4 is 0 Å². The average molecular weight is 799 g/mol. The van der Waals surface area contributed by atoms with E-state index in [1.165, 1.54) is 116 Å². The van der Waals surface area contributed by atoms with Gasteiger partial charge in [0.05, 0.1) is 22.1 Å². The van der Waals surface area contributed by atoms with Gasteiger partial charge in [-0.15, -0.1) is 0 Å². The van der Waals surface area contributed by atoms with Gasteiger partial charge in [-0.1, -0.05) is 176 Å². The minimum absolute atomic E-state index is 0.0241. The van der Waals surface area contributed by atoms with Crippen molar-refractivity contribution in [3.05, 3.63) is 241 Å². The smallest absolute Gasteiger partial charge is 0.0542 e. The van der Waals surface area contributed by atoms with Crippen molar-refractivity contribution in [3.63, 3.8) is 0 Å². The molecule has 2 aliphatic carbocycles. The number of rotatable bonds is 3. The lowest BCUT2D eigenvalue weighted by Gasteiger charge is -2.28. The van der Waals surface area contributed by atoms with Crippen molar-refractivity contribution in [1.29, 1.82) is 0 Å². The lowest BCUT2D eigenvalue weighted by Crippen LogP contribution is -2.08. The summed E-state index contributed by atoms with van der Waals surface area (Å²) in [6.45, 7) is 0. The number of nitrogens with zero attached hydrogens (tertiary/aromatic N) is 2. The van der Waals surface area contributed by atoms with Crippen LogP contribution in [0.1, 0.15) is 22.6 Å². The van der Waals surface area contributed by atoms with E-state index in [1.54, 1.807) is 0 Å². The molecule has 0 atom stereocenters. The van der Waals surface area contributed by atoms with Crippen molar-refractivity contribution >= 4 is 43.6 Å². The monoisotopic (exact) mass is 798 g/mol. The summed E-state index contributed by atoms with van der Waals surface area (Å²) in [5.41, 5.74) is 23.8. The zero-order chi connectivity index (χ0) is 41.2. The first kappa shape index (κ1) is 34.5. The molecule has 0 saturated heterocycles. The van der Waals surface area contributed by atoms with Gasteiger partial charge in [0, 0.05) is 38.8 Å². The highest BCUT2D eigenvalue weighted by Gasteiger charge is 2.34. The van der Waals surface area contributed by atoms with Crippen LogP contribution in [0.2, 0.25) is 0 Å². The predicted octanol–water partition coefficient (Wildman–Crippen LogP) is 16.0.